The molecule has 0 amide bonds. The SMILES string of the molecule is CCNC(=NCC1(N2CCOCC2)CCSC1)NCCOC1CCCCCC1. The Bertz CT molecular complexity index is 457. The first kappa shape index (κ1) is 22.2. The second-order valence-corrected chi connectivity index (χ2v) is 9.34. The van der Waals surface area contributed by atoms with E-state index in [-0.39, 0.29) is 5.54 Å². The number of aliphatic imine (C=N–C) groups is 1. The fourth-order valence-electron chi connectivity index (χ4n) is 4.48. The Labute approximate surface area is 175 Å². The summed E-state index contributed by atoms with van der Waals surface area (Å²) in [7, 11) is 0. The van der Waals surface area contributed by atoms with Gasteiger partial charge in [0.05, 0.1) is 38.0 Å². The molecule has 1 atom stereocenters. The van der Waals surface area contributed by atoms with Crippen LogP contribution in [0.2, 0.25) is 0 Å². The molecule has 3 fully saturated rings. The van der Waals surface area contributed by atoms with Crippen molar-refractivity contribution in [3.8, 4) is 0 Å². The van der Waals surface area contributed by atoms with E-state index in [4.69, 9.17) is 14.5 Å². The second kappa shape index (κ2) is 12.3. The minimum absolute atomic E-state index is 0.202. The highest BCUT2D eigenvalue weighted by atomic mass is 32.2. The third kappa shape index (κ3) is 6.78. The normalized spacial score (nSPS) is 28.2. The molecule has 1 unspecified atom stereocenters. The molecule has 2 saturated heterocycles. The number of ether oxygens (including phenoxy) is 2. The lowest BCUT2D eigenvalue weighted by molar-refractivity contribution is -0.0104. The molecule has 3 aliphatic rings. The Kier molecular flexibility index (Phi) is 9.71. The zero-order valence-corrected chi connectivity index (χ0v) is 18.5. The second-order valence-electron chi connectivity index (χ2n) is 8.23. The summed E-state index contributed by atoms with van der Waals surface area (Å²) in [6, 6.07) is 0. The predicted molar refractivity (Wildman–Crippen MR) is 118 cm³/mol. The van der Waals surface area contributed by atoms with Crippen molar-refractivity contribution in [1.82, 2.24) is 15.5 Å². The van der Waals surface area contributed by atoms with Crippen LogP contribution in [-0.4, -0.2) is 86.6 Å². The molecule has 0 aromatic rings. The van der Waals surface area contributed by atoms with Crippen molar-refractivity contribution in [3.05, 3.63) is 0 Å². The zero-order chi connectivity index (χ0) is 19.5. The Morgan fingerprint density at radius 3 is 2.64 bits per heavy atom. The van der Waals surface area contributed by atoms with Crippen molar-refractivity contribution < 1.29 is 9.47 Å². The quantitative estimate of drug-likeness (QED) is 0.276. The van der Waals surface area contributed by atoms with E-state index in [0.717, 1.165) is 58.5 Å². The van der Waals surface area contributed by atoms with E-state index in [1.165, 1.54) is 56.5 Å². The van der Waals surface area contributed by atoms with E-state index >= 15 is 0 Å². The van der Waals surface area contributed by atoms with Gasteiger partial charge in [-0.15, -0.1) is 0 Å². The molecule has 2 aliphatic heterocycles. The van der Waals surface area contributed by atoms with Gasteiger partial charge >= 0.3 is 0 Å². The fourth-order valence-corrected chi connectivity index (χ4v) is 5.95. The first-order chi connectivity index (χ1) is 13.8. The average molecular weight is 413 g/mol. The predicted octanol–water partition coefficient (Wildman–Crippen LogP) is 2.49. The van der Waals surface area contributed by atoms with Crippen LogP contribution in [0.4, 0.5) is 0 Å². The van der Waals surface area contributed by atoms with Gasteiger partial charge in [-0.25, -0.2) is 0 Å². The van der Waals surface area contributed by atoms with Crippen LogP contribution < -0.4 is 10.6 Å². The maximum atomic E-state index is 6.11. The Morgan fingerprint density at radius 1 is 1.18 bits per heavy atom. The summed E-state index contributed by atoms with van der Waals surface area (Å²) >= 11 is 2.07. The van der Waals surface area contributed by atoms with Crippen LogP contribution in [0.1, 0.15) is 51.9 Å². The van der Waals surface area contributed by atoms with E-state index < -0.39 is 0 Å². The lowest BCUT2D eigenvalue weighted by Gasteiger charge is -2.42. The molecular formula is C21H40N4O2S. The van der Waals surface area contributed by atoms with Crippen molar-refractivity contribution in [1.29, 1.82) is 0 Å². The van der Waals surface area contributed by atoms with Crippen LogP contribution in [0.3, 0.4) is 0 Å². The minimum Gasteiger partial charge on any atom is -0.379 e. The first-order valence-corrected chi connectivity index (χ1v) is 12.5. The van der Waals surface area contributed by atoms with Gasteiger partial charge in [-0.2, -0.15) is 11.8 Å². The largest absolute Gasteiger partial charge is 0.379 e. The monoisotopic (exact) mass is 412 g/mol. The van der Waals surface area contributed by atoms with Gasteiger partial charge in [0.15, 0.2) is 5.96 Å². The highest BCUT2D eigenvalue weighted by Crippen LogP contribution is 2.34. The summed E-state index contributed by atoms with van der Waals surface area (Å²) in [5.74, 6) is 3.35. The van der Waals surface area contributed by atoms with Crippen molar-refractivity contribution in [2.24, 2.45) is 4.99 Å². The first-order valence-electron chi connectivity index (χ1n) is 11.4. The van der Waals surface area contributed by atoms with Gasteiger partial charge in [0.1, 0.15) is 0 Å². The van der Waals surface area contributed by atoms with Crippen LogP contribution in [-0.2, 0) is 9.47 Å². The lowest BCUT2D eigenvalue weighted by Crippen LogP contribution is -2.56. The maximum absolute atomic E-state index is 6.11. The smallest absolute Gasteiger partial charge is 0.191 e. The molecule has 28 heavy (non-hydrogen) atoms. The van der Waals surface area contributed by atoms with Gasteiger partial charge < -0.3 is 20.1 Å². The Morgan fingerprint density at radius 2 is 1.96 bits per heavy atom. The van der Waals surface area contributed by atoms with Gasteiger partial charge in [0.25, 0.3) is 0 Å². The lowest BCUT2D eigenvalue weighted by atomic mass is 9.96. The van der Waals surface area contributed by atoms with E-state index in [1.54, 1.807) is 0 Å². The van der Waals surface area contributed by atoms with Gasteiger partial charge in [-0.1, -0.05) is 25.7 Å². The number of hydrogen-bond acceptors (Lipinski definition) is 5. The summed E-state index contributed by atoms with van der Waals surface area (Å²) in [4.78, 5) is 7.61. The molecule has 0 bridgehead atoms. The van der Waals surface area contributed by atoms with Gasteiger partial charge in [0, 0.05) is 31.9 Å². The molecule has 2 N–H and O–H groups in total. The summed E-state index contributed by atoms with van der Waals surface area (Å²) in [6.07, 6.45) is 9.54. The van der Waals surface area contributed by atoms with Crippen LogP contribution in [0.25, 0.3) is 0 Å². The number of thioether (sulfide) groups is 1. The third-order valence-electron chi connectivity index (χ3n) is 6.19. The van der Waals surface area contributed by atoms with E-state index in [2.05, 4.69) is 34.2 Å². The molecule has 0 aromatic heterocycles. The van der Waals surface area contributed by atoms with Crippen molar-refractivity contribution in [2.75, 3.05) is 64.1 Å². The molecule has 0 aromatic carbocycles. The highest BCUT2D eigenvalue weighted by molar-refractivity contribution is 7.99. The van der Waals surface area contributed by atoms with Crippen molar-refractivity contribution >= 4 is 17.7 Å². The average Bonchev–Trinajstić information content (AvgIpc) is 3.07. The molecule has 2 heterocycles. The molecular weight excluding hydrogens is 372 g/mol. The zero-order valence-electron chi connectivity index (χ0n) is 17.7. The number of rotatable bonds is 8. The molecule has 162 valence electrons. The van der Waals surface area contributed by atoms with Gasteiger partial charge in [-0.3, -0.25) is 9.89 Å². The summed E-state index contributed by atoms with van der Waals surface area (Å²) < 4.78 is 11.7. The molecule has 7 heteroatoms. The van der Waals surface area contributed by atoms with E-state index in [0.29, 0.717) is 6.10 Å². The topological polar surface area (TPSA) is 58.1 Å². The number of hydrogen-bond donors (Lipinski definition) is 2. The molecule has 6 nitrogen and oxygen atoms in total. The minimum atomic E-state index is 0.202. The van der Waals surface area contributed by atoms with Gasteiger partial charge in [-0.05, 0) is 31.9 Å². The molecule has 1 aliphatic carbocycles. The van der Waals surface area contributed by atoms with E-state index in [1.807, 2.05) is 0 Å². The van der Waals surface area contributed by atoms with E-state index in [9.17, 15) is 0 Å². The van der Waals surface area contributed by atoms with Crippen LogP contribution in [0.15, 0.2) is 4.99 Å². The van der Waals surface area contributed by atoms with Crippen molar-refractivity contribution in [3.63, 3.8) is 0 Å². The molecule has 1 saturated carbocycles. The molecule has 3 rings (SSSR count). The Hall–Kier alpha value is -0.500. The number of nitrogens with one attached hydrogen (secondary N) is 2. The summed E-state index contributed by atoms with van der Waals surface area (Å²) in [5, 5.41) is 6.89. The van der Waals surface area contributed by atoms with Crippen LogP contribution >= 0.6 is 11.8 Å². The van der Waals surface area contributed by atoms with Gasteiger partial charge in [0.2, 0.25) is 0 Å². The highest BCUT2D eigenvalue weighted by Gasteiger charge is 2.40. The Balaban J connectivity index is 1.46. The van der Waals surface area contributed by atoms with Crippen LogP contribution in [0, 0.1) is 0 Å². The molecule has 0 spiro atoms. The number of morpholine rings is 1. The number of nitrogens with zero attached hydrogens (tertiary/aromatic N) is 2. The summed E-state index contributed by atoms with van der Waals surface area (Å²) in [6.45, 7) is 9.24. The third-order valence-corrected chi connectivity index (χ3v) is 7.42. The standard InChI is InChI=1S/C21H40N4O2S/c1-2-22-20(23-10-13-27-19-7-5-3-4-6-8-19)24-17-21(9-16-28-18-21)25-11-14-26-15-12-25/h19H,2-18H2,1H3,(H2,22,23,24). The van der Waals surface area contributed by atoms with Crippen LogP contribution in [0.5, 0.6) is 0 Å². The van der Waals surface area contributed by atoms with Crippen molar-refractivity contribution in [2.45, 2.75) is 63.5 Å². The maximum Gasteiger partial charge on any atom is 0.191 e. The number of guanidine groups is 1. The molecule has 0 radical (unpaired) electrons. The summed E-state index contributed by atoms with van der Waals surface area (Å²) in [5.41, 5.74) is 0.202. The fraction of sp³-hybridized carbons (Fsp3) is 0.952.